The molecule has 0 radical (unpaired) electrons. The topological polar surface area (TPSA) is 54.4 Å². The van der Waals surface area contributed by atoms with Gasteiger partial charge in [0.1, 0.15) is 12.6 Å². The van der Waals surface area contributed by atoms with Crippen LogP contribution in [0.4, 0.5) is 0 Å². The number of carbonyl (C=O) groups is 2. The van der Waals surface area contributed by atoms with E-state index >= 15 is 0 Å². The fraction of sp³-hybridized carbons (Fsp3) is 0.714. The summed E-state index contributed by atoms with van der Waals surface area (Å²) in [4.78, 5) is 19.1. The quantitative estimate of drug-likeness (QED) is 0.465. The molecule has 0 unspecified atom stereocenters. The van der Waals surface area contributed by atoms with Gasteiger partial charge in [0, 0.05) is 19.4 Å². The molecule has 0 saturated heterocycles. The first-order valence-corrected chi connectivity index (χ1v) is 3.31. The number of unbranched alkanes of at least 4 members (excludes halogenated alkanes) is 2. The van der Waals surface area contributed by atoms with E-state index in [9.17, 15) is 9.59 Å². The van der Waals surface area contributed by atoms with E-state index in [1.54, 1.807) is 6.92 Å². The van der Waals surface area contributed by atoms with Gasteiger partial charge >= 0.3 is 0 Å². The van der Waals surface area contributed by atoms with Crippen LogP contribution in [-0.4, -0.2) is 24.3 Å². The third-order valence-electron chi connectivity index (χ3n) is 0.644. The van der Waals surface area contributed by atoms with Crippen molar-refractivity contribution in [3.8, 4) is 0 Å². The van der Waals surface area contributed by atoms with Crippen molar-refractivity contribution in [1.82, 2.24) is 0 Å². The smallest absolute Gasteiger partial charge is 0.120 e. The van der Waals surface area contributed by atoms with Crippen LogP contribution in [0.1, 0.15) is 26.2 Å². The van der Waals surface area contributed by atoms with Crippen LogP contribution >= 0.6 is 0 Å². The van der Waals surface area contributed by atoms with Crippen molar-refractivity contribution in [3.63, 3.8) is 0 Å². The molecule has 0 saturated carbocycles. The Kier molecular flexibility index (Phi) is 18.9. The molecule has 0 heterocycles. The van der Waals surface area contributed by atoms with Crippen LogP contribution in [0, 0.1) is 0 Å². The standard InChI is InChI=1S/C5H8O2.C2H6O/c6-4-2-1-3-5-7;1-2-3/h4-5H,1-3H2;3H,2H2,1H3. The van der Waals surface area contributed by atoms with E-state index in [4.69, 9.17) is 5.11 Å². The van der Waals surface area contributed by atoms with Gasteiger partial charge in [-0.05, 0) is 13.3 Å². The van der Waals surface area contributed by atoms with Gasteiger partial charge in [-0.15, -0.1) is 0 Å². The lowest BCUT2D eigenvalue weighted by Crippen LogP contribution is -1.76. The minimum absolute atomic E-state index is 0.250. The van der Waals surface area contributed by atoms with Gasteiger partial charge in [0.2, 0.25) is 0 Å². The number of aliphatic hydroxyl groups excluding tert-OH is 1. The summed E-state index contributed by atoms with van der Waals surface area (Å²) in [7, 11) is 0. The zero-order chi connectivity index (χ0) is 8.24. The van der Waals surface area contributed by atoms with Gasteiger partial charge in [0.05, 0.1) is 0 Å². The van der Waals surface area contributed by atoms with Gasteiger partial charge in [-0.25, -0.2) is 0 Å². The van der Waals surface area contributed by atoms with Crippen LogP contribution in [0.15, 0.2) is 0 Å². The van der Waals surface area contributed by atoms with Gasteiger partial charge < -0.3 is 14.7 Å². The number of rotatable bonds is 4. The van der Waals surface area contributed by atoms with Crippen molar-refractivity contribution in [3.05, 3.63) is 0 Å². The lowest BCUT2D eigenvalue weighted by atomic mass is 10.3. The van der Waals surface area contributed by atoms with Crippen LogP contribution in [0.25, 0.3) is 0 Å². The first-order valence-electron chi connectivity index (χ1n) is 3.31. The molecule has 0 atom stereocenters. The molecular weight excluding hydrogens is 132 g/mol. The molecule has 0 aliphatic carbocycles. The zero-order valence-electron chi connectivity index (χ0n) is 6.25. The highest BCUT2D eigenvalue weighted by molar-refractivity contribution is 5.52. The number of aldehydes is 2. The van der Waals surface area contributed by atoms with Gasteiger partial charge in [-0.2, -0.15) is 0 Å². The van der Waals surface area contributed by atoms with Crippen LogP contribution in [0.5, 0.6) is 0 Å². The summed E-state index contributed by atoms with van der Waals surface area (Å²) >= 11 is 0. The highest BCUT2D eigenvalue weighted by Gasteiger charge is 1.80. The molecule has 60 valence electrons. The number of hydrogen-bond donors (Lipinski definition) is 1. The maximum atomic E-state index is 9.56. The van der Waals surface area contributed by atoms with E-state index in [1.165, 1.54) is 0 Å². The molecule has 0 fully saturated rings. The summed E-state index contributed by atoms with van der Waals surface area (Å²) in [6.45, 7) is 1.93. The fourth-order valence-corrected chi connectivity index (χ4v) is 0.285. The van der Waals surface area contributed by atoms with Gasteiger partial charge in [-0.3, -0.25) is 0 Å². The molecular formula is C7H14O3. The summed E-state index contributed by atoms with van der Waals surface area (Å²) < 4.78 is 0. The molecule has 0 aliphatic rings. The predicted molar refractivity (Wildman–Crippen MR) is 38.7 cm³/mol. The molecule has 0 aromatic carbocycles. The van der Waals surface area contributed by atoms with Gasteiger partial charge in [0.25, 0.3) is 0 Å². The lowest BCUT2D eigenvalue weighted by Gasteiger charge is -1.78. The van der Waals surface area contributed by atoms with E-state index in [-0.39, 0.29) is 6.61 Å². The fourth-order valence-electron chi connectivity index (χ4n) is 0.285. The highest BCUT2D eigenvalue weighted by Crippen LogP contribution is 1.85. The normalized spacial score (nSPS) is 7.40. The summed E-state index contributed by atoms with van der Waals surface area (Å²) in [5, 5.41) is 7.57. The summed E-state index contributed by atoms with van der Waals surface area (Å²) in [6.07, 6.45) is 3.37. The van der Waals surface area contributed by atoms with Crippen LogP contribution in [0.2, 0.25) is 0 Å². The minimum atomic E-state index is 0.250. The predicted octanol–water partition coefficient (Wildman–Crippen LogP) is 0.553. The molecule has 0 aliphatic heterocycles. The molecule has 10 heavy (non-hydrogen) atoms. The molecule has 0 rings (SSSR count). The number of carbonyl (C=O) groups excluding carboxylic acids is 2. The largest absolute Gasteiger partial charge is 0.397 e. The molecule has 0 spiro atoms. The Morgan fingerprint density at radius 3 is 1.70 bits per heavy atom. The molecule has 0 bridgehead atoms. The Balaban J connectivity index is 0. The van der Waals surface area contributed by atoms with Crippen molar-refractivity contribution in [2.45, 2.75) is 26.2 Å². The van der Waals surface area contributed by atoms with Gasteiger partial charge in [0.15, 0.2) is 0 Å². The SMILES string of the molecule is CCO.O=CCCCC=O. The Hall–Kier alpha value is -0.700. The lowest BCUT2D eigenvalue weighted by molar-refractivity contribution is -0.108. The Morgan fingerprint density at radius 1 is 1.20 bits per heavy atom. The van der Waals surface area contributed by atoms with Crippen molar-refractivity contribution < 1.29 is 14.7 Å². The maximum absolute atomic E-state index is 9.56. The zero-order valence-corrected chi connectivity index (χ0v) is 6.25. The number of hydrogen-bond acceptors (Lipinski definition) is 3. The average molecular weight is 146 g/mol. The molecule has 3 heteroatoms. The second-order valence-electron chi connectivity index (χ2n) is 1.58. The highest BCUT2D eigenvalue weighted by atomic mass is 16.2. The molecule has 0 amide bonds. The van der Waals surface area contributed by atoms with Crippen molar-refractivity contribution in [1.29, 1.82) is 0 Å². The third-order valence-corrected chi connectivity index (χ3v) is 0.644. The first-order chi connectivity index (χ1) is 4.83. The second kappa shape index (κ2) is 15.7. The van der Waals surface area contributed by atoms with E-state index in [0.29, 0.717) is 19.3 Å². The first kappa shape index (κ1) is 12.0. The Labute approximate surface area is 61.1 Å². The molecule has 1 N–H and O–H groups in total. The van der Waals surface area contributed by atoms with Gasteiger partial charge in [-0.1, -0.05) is 0 Å². The van der Waals surface area contributed by atoms with Crippen molar-refractivity contribution in [2.75, 3.05) is 6.61 Å². The van der Waals surface area contributed by atoms with E-state index in [1.807, 2.05) is 0 Å². The summed E-state index contributed by atoms with van der Waals surface area (Å²) in [6, 6.07) is 0. The number of aliphatic hydroxyl groups is 1. The van der Waals surface area contributed by atoms with E-state index < -0.39 is 0 Å². The summed E-state index contributed by atoms with van der Waals surface area (Å²) in [5.41, 5.74) is 0. The van der Waals surface area contributed by atoms with Crippen LogP contribution in [-0.2, 0) is 9.59 Å². The molecule has 0 aromatic heterocycles. The average Bonchev–Trinajstić information content (AvgIpc) is 1.91. The van der Waals surface area contributed by atoms with Crippen LogP contribution in [0.3, 0.4) is 0 Å². The maximum Gasteiger partial charge on any atom is 0.120 e. The molecule has 3 nitrogen and oxygen atoms in total. The molecule has 0 aromatic rings. The van der Waals surface area contributed by atoms with Crippen LogP contribution < -0.4 is 0 Å². The Morgan fingerprint density at radius 2 is 1.50 bits per heavy atom. The second-order valence-corrected chi connectivity index (χ2v) is 1.58. The monoisotopic (exact) mass is 146 g/mol. The van der Waals surface area contributed by atoms with Crippen molar-refractivity contribution in [2.24, 2.45) is 0 Å². The van der Waals surface area contributed by atoms with Crippen molar-refractivity contribution >= 4 is 12.6 Å². The minimum Gasteiger partial charge on any atom is -0.397 e. The van der Waals surface area contributed by atoms with E-state index in [0.717, 1.165) is 12.6 Å². The third kappa shape index (κ3) is 26.6. The van der Waals surface area contributed by atoms with E-state index in [2.05, 4.69) is 0 Å². The summed E-state index contributed by atoms with van der Waals surface area (Å²) in [5.74, 6) is 0. The Bertz CT molecular complexity index is 63.3.